The topological polar surface area (TPSA) is 78.8 Å². The van der Waals surface area contributed by atoms with Crippen LogP contribution in [0.15, 0.2) is 79.4 Å². The molecule has 0 unspecified atom stereocenters. The van der Waals surface area contributed by atoms with E-state index in [1.165, 1.54) is 10.9 Å². The maximum absolute atomic E-state index is 13.5. The van der Waals surface area contributed by atoms with E-state index in [1.54, 1.807) is 24.3 Å². The normalized spacial score (nSPS) is 11.3. The highest BCUT2D eigenvalue weighted by Crippen LogP contribution is 2.42. The molecule has 0 N–H and O–H groups in total. The lowest BCUT2D eigenvalue weighted by Crippen LogP contribution is -2.20. The quantitative estimate of drug-likeness (QED) is 0.163. The molecule has 5 aromatic rings. The number of hydrogen-bond acceptors (Lipinski definition) is 6. The SMILES string of the molecule is C#CCOc1c(OCC)cc(C=Nn2c(-c3cc4ccccc4o3)nc3ccccc3c2=O)c(Br)c1Cl. The lowest BCUT2D eigenvalue weighted by molar-refractivity contribution is 0.299. The van der Waals surface area contributed by atoms with E-state index in [0.717, 1.165) is 5.39 Å². The molecule has 0 amide bonds. The zero-order valence-corrected chi connectivity index (χ0v) is 21.9. The Balaban J connectivity index is 1.68. The molecular formula is C28H19BrClN3O4. The number of ether oxygens (including phenoxy) is 2. The molecule has 0 spiro atoms. The van der Waals surface area contributed by atoms with Crippen molar-refractivity contribution in [2.45, 2.75) is 6.92 Å². The number of nitrogens with zero attached hydrogens (tertiary/aromatic N) is 3. The predicted octanol–water partition coefficient (Wildman–Crippen LogP) is 6.52. The Morgan fingerprint density at radius 2 is 1.97 bits per heavy atom. The van der Waals surface area contributed by atoms with E-state index in [0.29, 0.717) is 50.4 Å². The van der Waals surface area contributed by atoms with E-state index in [2.05, 4.69) is 27.0 Å². The minimum Gasteiger partial charge on any atom is -0.490 e. The van der Waals surface area contributed by atoms with Crippen molar-refractivity contribution in [1.29, 1.82) is 0 Å². The third kappa shape index (κ3) is 4.71. The molecule has 0 aliphatic heterocycles. The molecule has 2 heterocycles. The van der Waals surface area contributed by atoms with Crippen LogP contribution in [0.2, 0.25) is 5.02 Å². The summed E-state index contributed by atoms with van der Waals surface area (Å²) in [7, 11) is 0. The lowest BCUT2D eigenvalue weighted by atomic mass is 10.2. The van der Waals surface area contributed by atoms with E-state index < -0.39 is 0 Å². The van der Waals surface area contributed by atoms with Crippen LogP contribution in [0.4, 0.5) is 0 Å². The zero-order chi connectivity index (χ0) is 25.9. The summed E-state index contributed by atoms with van der Waals surface area (Å²) < 4.78 is 19.0. The fourth-order valence-electron chi connectivity index (χ4n) is 3.81. The second kappa shape index (κ2) is 10.5. The van der Waals surface area contributed by atoms with Gasteiger partial charge in [-0.1, -0.05) is 47.9 Å². The van der Waals surface area contributed by atoms with Crippen LogP contribution < -0.4 is 15.0 Å². The third-order valence-corrected chi connectivity index (χ3v) is 6.91. The number of furan rings is 1. The summed E-state index contributed by atoms with van der Waals surface area (Å²) in [6.07, 6.45) is 6.83. The van der Waals surface area contributed by atoms with Gasteiger partial charge >= 0.3 is 0 Å². The summed E-state index contributed by atoms with van der Waals surface area (Å²) >= 11 is 10.1. The first kappa shape index (κ1) is 24.6. The van der Waals surface area contributed by atoms with Gasteiger partial charge in [-0.2, -0.15) is 9.78 Å². The molecule has 0 aliphatic rings. The van der Waals surface area contributed by atoms with Crippen molar-refractivity contribution in [2.24, 2.45) is 5.10 Å². The van der Waals surface area contributed by atoms with Gasteiger partial charge in [0.25, 0.3) is 5.56 Å². The molecular weight excluding hydrogens is 558 g/mol. The summed E-state index contributed by atoms with van der Waals surface area (Å²) in [5.41, 5.74) is 1.41. The first-order valence-electron chi connectivity index (χ1n) is 11.3. The number of terminal acetylenes is 1. The van der Waals surface area contributed by atoms with Gasteiger partial charge in [0, 0.05) is 15.4 Å². The summed E-state index contributed by atoms with van der Waals surface area (Å²) in [6, 6.07) is 18.2. The molecule has 0 saturated carbocycles. The summed E-state index contributed by atoms with van der Waals surface area (Å²) in [5, 5.41) is 6.08. The zero-order valence-electron chi connectivity index (χ0n) is 19.6. The minimum absolute atomic E-state index is 0.0265. The Morgan fingerprint density at radius 3 is 2.76 bits per heavy atom. The lowest BCUT2D eigenvalue weighted by Gasteiger charge is -2.15. The number of rotatable bonds is 7. The summed E-state index contributed by atoms with van der Waals surface area (Å²) in [6.45, 7) is 2.25. The van der Waals surface area contributed by atoms with E-state index in [-0.39, 0.29) is 23.0 Å². The molecule has 0 atom stereocenters. The van der Waals surface area contributed by atoms with Crippen LogP contribution in [0.3, 0.4) is 0 Å². The Hall–Kier alpha value is -4.06. The van der Waals surface area contributed by atoms with Crippen molar-refractivity contribution < 1.29 is 13.9 Å². The molecule has 0 radical (unpaired) electrons. The number of hydrogen-bond donors (Lipinski definition) is 0. The molecule has 0 bridgehead atoms. The fraction of sp³-hybridized carbons (Fsp3) is 0.107. The molecule has 184 valence electrons. The van der Waals surface area contributed by atoms with Gasteiger partial charge in [-0.05, 0) is 53.2 Å². The number of aromatic nitrogens is 2. The third-order valence-electron chi connectivity index (χ3n) is 5.47. The number of para-hydroxylation sites is 2. The smallest absolute Gasteiger partial charge is 0.282 e. The van der Waals surface area contributed by atoms with Crippen molar-refractivity contribution in [1.82, 2.24) is 9.66 Å². The van der Waals surface area contributed by atoms with E-state index >= 15 is 0 Å². The maximum Gasteiger partial charge on any atom is 0.282 e. The predicted molar refractivity (Wildman–Crippen MR) is 149 cm³/mol. The number of benzene rings is 3. The molecule has 5 rings (SSSR count). The Bertz CT molecular complexity index is 1730. The largest absolute Gasteiger partial charge is 0.490 e. The van der Waals surface area contributed by atoms with Gasteiger partial charge in [-0.3, -0.25) is 4.79 Å². The van der Waals surface area contributed by atoms with Gasteiger partial charge in [0.05, 0.1) is 23.7 Å². The molecule has 9 heteroatoms. The molecule has 0 saturated heterocycles. The Labute approximate surface area is 225 Å². The first-order valence-corrected chi connectivity index (χ1v) is 12.4. The summed E-state index contributed by atoms with van der Waals surface area (Å²) in [4.78, 5) is 18.2. The second-order valence-electron chi connectivity index (χ2n) is 7.81. The minimum atomic E-state index is -0.349. The number of halogens is 2. The maximum atomic E-state index is 13.5. The molecule has 37 heavy (non-hydrogen) atoms. The second-order valence-corrected chi connectivity index (χ2v) is 8.98. The Kier molecular flexibility index (Phi) is 6.99. The summed E-state index contributed by atoms with van der Waals surface area (Å²) in [5.74, 6) is 3.80. The van der Waals surface area contributed by atoms with Crippen LogP contribution >= 0.6 is 27.5 Å². The highest BCUT2D eigenvalue weighted by atomic mass is 79.9. The van der Waals surface area contributed by atoms with Gasteiger partial charge in [-0.15, -0.1) is 6.42 Å². The van der Waals surface area contributed by atoms with Gasteiger partial charge in [0.15, 0.2) is 17.3 Å². The van der Waals surface area contributed by atoms with E-state index in [1.807, 2.05) is 43.3 Å². The van der Waals surface area contributed by atoms with Crippen molar-refractivity contribution in [3.05, 3.63) is 86.1 Å². The standard InChI is InChI=1S/C28H19BrClN3O4/c1-3-13-36-26-22(35-4-2)15-18(24(29)25(26)30)16-31-33-27(23-14-17-9-5-8-12-21(17)37-23)32-20-11-7-6-10-19(20)28(33)34/h1,5-12,14-16H,4,13H2,2H3. The monoisotopic (exact) mass is 575 g/mol. The highest BCUT2D eigenvalue weighted by molar-refractivity contribution is 9.10. The molecule has 3 aromatic carbocycles. The average Bonchev–Trinajstić information content (AvgIpc) is 3.35. The fourth-order valence-corrected chi connectivity index (χ4v) is 4.47. The molecule has 0 fully saturated rings. The van der Waals surface area contributed by atoms with Crippen molar-refractivity contribution in [2.75, 3.05) is 13.2 Å². The van der Waals surface area contributed by atoms with Crippen LogP contribution in [0, 0.1) is 12.3 Å². The molecule has 0 aliphatic carbocycles. The highest BCUT2D eigenvalue weighted by Gasteiger charge is 2.19. The van der Waals surface area contributed by atoms with Gasteiger partial charge in [-0.25, -0.2) is 4.98 Å². The van der Waals surface area contributed by atoms with Crippen molar-refractivity contribution in [3.63, 3.8) is 0 Å². The van der Waals surface area contributed by atoms with Crippen LogP contribution in [0.1, 0.15) is 12.5 Å². The van der Waals surface area contributed by atoms with Crippen LogP contribution in [-0.2, 0) is 0 Å². The van der Waals surface area contributed by atoms with E-state index in [4.69, 9.17) is 36.9 Å². The number of fused-ring (bicyclic) bond motifs is 2. The van der Waals surface area contributed by atoms with Crippen molar-refractivity contribution >= 4 is 55.6 Å². The molecule has 2 aromatic heterocycles. The van der Waals surface area contributed by atoms with Crippen molar-refractivity contribution in [3.8, 4) is 35.4 Å². The van der Waals surface area contributed by atoms with Gasteiger partial charge < -0.3 is 13.9 Å². The van der Waals surface area contributed by atoms with Crippen LogP contribution in [0.5, 0.6) is 11.5 Å². The molecule has 7 nitrogen and oxygen atoms in total. The van der Waals surface area contributed by atoms with Crippen LogP contribution in [0.25, 0.3) is 33.5 Å². The first-order chi connectivity index (χ1) is 18.0. The van der Waals surface area contributed by atoms with E-state index in [9.17, 15) is 4.79 Å². The van der Waals surface area contributed by atoms with Gasteiger partial charge in [0.1, 0.15) is 17.2 Å². The average molecular weight is 577 g/mol. The Morgan fingerprint density at radius 1 is 1.19 bits per heavy atom. The van der Waals surface area contributed by atoms with Crippen LogP contribution in [-0.4, -0.2) is 29.1 Å². The van der Waals surface area contributed by atoms with Gasteiger partial charge in [0.2, 0.25) is 5.82 Å².